The van der Waals surface area contributed by atoms with E-state index in [1.165, 1.54) is 24.2 Å². The molecule has 3 aromatic rings. The zero-order valence-electron chi connectivity index (χ0n) is 14.8. The van der Waals surface area contributed by atoms with Gasteiger partial charge in [-0.1, -0.05) is 44.5 Å². The van der Waals surface area contributed by atoms with Gasteiger partial charge in [0.05, 0.1) is 5.56 Å². The van der Waals surface area contributed by atoms with E-state index in [0.717, 1.165) is 0 Å². The fraction of sp³-hybridized carbons (Fsp3) is 0.200. The minimum atomic E-state index is -0.279. The van der Waals surface area contributed by atoms with E-state index in [1.807, 2.05) is 24.3 Å². The molecule has 0 bridgehead atoms. The molecule has 2 heterocycles. The topological polar surface area (TPSA) is 67.8 Å². The van der Waals surface area contributed by atoms with Gasteiger partial charge in [-0.3, -0.25) is 14.8 Å². The molecule has 1 amide bonds. The lowest BCUT2D eigenvalue weighted by Crippen LogP contribution is -2.15. The molecule has 0 fully saturated rings. The second kappa shape index (κ2) is 7.22. The lowest BCUT2D eigenvalue weighted by atomic mass is 9.87. The first-order valence-corrected chi connectivity index (χ1v) is 8.57. The van der Waals surface area contributed by atoms with Crippen LogP contribution in [0.15, 0.2) is 55.1 Å². The van der Waals surface area contributed by atoms with Crippen LogP contribution in [0.4, 0.5) is 5.69 Å². The molecule has 2 aromatic heterocycles. The van der Waals surface area contributed by atoms with Crippen molar-refractivity contribution in [2.24, 2.45) is 0 Å². The van der Waals surface area contributed by atoms with Gasteiger partial charge in [0.1, 0.15) is 5.69 Å². The fourth-order valence-electron chi connectivity index (χ4n) is 2.54. The van der Waals surface area contributed by atoms with Crippen molar-refractivity contribution in [3.05, 3.63) is 71.4 Å². The number of anilines is 1. The molecule has 3 rings (SSSR count). The lowest BCUT2D eigenvalue weighted by molar-refractivity contribution is 0.102. The number of hydrogen-bond donors (Lipinski definition) is 1. The van der Waals surface area contributed by atoms with Gasteiger partial charge in [-0.25, -0.2) is 4.98 Å². The molecule has 0 aliphatic heterocycles. The summed E-state index contributed by atoms with van der Waals surface area (Å²) in [5, 5.41) is 3.13. The molecule has 1 N–H and O–H groups in total. The Balaban J connectivity index is 1.89. The third-order valence-electron chi connectivity index (χ3n) is 3.98. The summed E-state index contributed by atoms with van der Waals surface area (Å²) in [4.78, 5) is 25.1. The second-order valence-corrected chi connectivity index (χ2v) is 7.26. The summed E-state index contributed by atoms with van der Waals surface area (Å²) in [5.41, 5.74) is 3.38. The largest absolute Gasteiger partial charge is 0.322 e. The molecule has 0 radical (unpaired) electrons. The minimum Gasteiger partial charge on any atom is -0.322 e. The Morgan fingerprint density at radius 1 is 1.00 bits per heavy atom. The molecule has 0 atom stereocenters. The predicted octanol–water partition coefficient (Wildman–Crippen LogP) is 4.74. The zero-order valence-corrected chi connectivity index (χ0v) is 15.6. The summed E-state index contributed by atoms with van der Waals surface area (Å²) in [6.07, 6.45) is 6.13. The van der Waals surface area contributed by atoms with Crippen molar-refractivity contribution in [3.8, 4) is 11.3 Å². The highest BCUT2D eigenvalue weighted by Gasteiger charge is 2.17. The van der Waals surface area contributed by atoms with Crippen molar-refractivity contribution in [1.29, 1.82) is 0 Å². The second-order valence-electron chi connectivity index (χ2n) is 6.90. The van der Waals surface area contributed by atoms with Gasteiger partial charge < -0.3 is 5.32 Å². The third-order valence-corrected chi connectivity index (χ3v) is 4.26. The van der Waals surface area contributed by atoms with E-state index in [9.17, 15) is 4.79 Å². The van der Waals surface area contributed by atoms with Crippen LogP contribution in [0, 0.1) is 0 Å². The van der Waals surface area contributed by atoms with Gasteiger partial charge >= 0.3 is 0 Å². The molecule has 0 saturated carbocycles. The van der Waals surface area contributed by atoms with Gasteiger partial charge in [0.15, 0.2) is 5.15 Å². The third kappa shape index (κ3) is 3.89. The van der Waals surface area contributed by atoms with Crippen LogP contribution in [0.2, 0.25) is 5.15 Å². The van der Waals surface area contributed by atoms with Crippen LogP contribution >= 0.6 is 11.6 Å². The van der Waals surface area contributed by atoms with Crippen molar-refractivity contribution in [2.75, 3.05) is 5.32 Å². The average Bonchev–Trinajstić information content (AvgIpc) is 2.62. The quantitative estimate of drug-likeness (QED) is 0.726. The van der Waals surface area contributed by atoms with E-state index >= 15 is 0 Å². The maximum absolute atomic E-state index is 12.8. The van der Waals surface area contributed by atoms with Crippen LogP contribution in [-0.4, -0.2) is 20.9 Å². The minimum absolute atomic E-state index is 0.0573. The Hall–Kier alpha value is -2.79. The number of benzene rings is 1. The smallest absolute Gasteiger partial charge is 0.257 e. The first-order chi connectivity index (χ1) is 12.4. The molecule has 1 aromatic carbocycles. The predicted molar refractivity (Wildman–Crippen MR) is 103 cm³/mol. The maximum Gasteiger partial charge on any atom is 0.257 e. The normalized spacial score (nSPS) is 11.2. The summed E-state index contributed by atoms with van der Waals surface area (Å²) in [6, 6.07) is 9.51. The highest BCUT2D eigenvalue weighted by atomic mass is 35.5. The van der Waals surface area contributed by atoms with Crippen LogP contribution in [0.1, 0.15) is 36.7 Å². The Morgan fingerprint density at radius 2 is 1.69 bits per heavy atom. The number of carbonyl (C=O) groups excluding carboxylic acids is 1. The van der Waals surface area contributed by atoms with Crippen LogP contribution in [0.3, 0.4) is 0 Å². The average molecular weight is 367 g/mol. The Bertz CT molecular complexity index is 933. The lowest BCUT2D eigenvalue weighted by Gasteiger charge is -2.19. The molecule has 0 aliphatic rings. The first-order valence-electron chi connectivity index (χ1n) is 8.19. The van der Waals surface area contributed by atoms with Crippen molar-refractivity contribution in [3.63, 3.8) is 0 Å². The zero-order chi connectivity index (χ0) is 18.7. The van der Waals surface area contributed by atoms with Crippen molar-refractivity contribution in [2.45, 2.75) is 26.2 Å². The standard InChI is InChI=1S/C20H19ClN4O/c1-20(2,3)13-4-6-14(7-5-13)25-19(26)16-12-22-9-8-15(16)17-18(21)24-11-10-23-17/h4-12H,1-3H3,(H,25,26). The van der Waals surface area contributed by atoms with Crippen molar-refractivity contribution in [1.82, 2.24) is 15.0 Å². The number of pyridine rings is 1. The van der Waals surface area contributed by atoms with Crippen LogP contribution in [0.5, 0.6) is 0 Å². The monoisotopic (exact) mass is 366 g/mol. The SMILES string of the molecule is CC(C)(C)c1ccc(NC(=O)c2cnccc2-c2nccnc2Cl)cc1. The van der Waals surface area contributed by atoms with Gasteiger partial charge in [0, 0.05) is 36.0 Å². The molecule has 26 heavy (non-hydrogen) atoms. The molecular formula is C20H19ClN4O. The van der Waals surface area contributed by atoms with Crippen molar-refractivity contribution < 1.29 is 4.79 Å². The summed E-state index contributed by atoms with van der Waals surface area (Å²) in [6.45, 7) is 6.44. The van der Waals surface area contributed by atoms with Crippen molar-refractivity contribution >= 4 is 23.2 Å². The molecule has 0 aliphatic carbocycles. The van der Waals surface area contributed by atoms with Gasteiger partial charge in [0.25, 0.3) is 5.91 Å². The number of rotatable bonds is 3. The van der Waals surface area contributed by atoms with Crippen LogP contribution in [-0.2, 0) is 5.41 Å². The molecule has 5 nitrogen and oxygen atoms in total. The number of nitrogens with zero attached hydrogens (tertiary/aromatic N) is 3. The molecular weight excluding hydrogens is 348 g/mol. The number of amides is 1. The fourth-order valence-corrected chi connectivity index (χ4v) is 2.74. The van der Waals surface area contributed by atoms with E-state index in [0.29, 0.717) is 22.5 Å². The number of nitrogens with one attached hydrogen (secondary N) is 1. The van der Waals surface area contributed by atoms with Gasteiger partial charge in [0.2, 0.25) is 0 Å². The van der Waals surface area contributed by atoms with E-state index in [1.54, 1.807) is 12.3 Å². The summed E-state index contributed by atoms with van der Waals surface area (Å²) in [5.74, 6) is -0.279. The van der Waals surface area contributed by atoms with E-state index in [4.69, 9.17) is 11.6 Å². The number of aromatic nitrogens is 3. The van der Waals surface area contributed by atoms with Crippen LogP contribution < -0.4 is 5.32 Å². The molecule has 0 saturated heterocycles. The number of halogens is 1. The molecule has 132 valence electrons. The summed E-state index contributed by atoms with van der Waals surface area (Å²) in [7, 11) is 0. The Labute approximate surface area is 157 Å². The van der Waals surface area contributed by atoms with Gasteiger partial charge in [-0.15, -0.1) is 0 Å². The molecule has 0 unspecified atom stereocenters. The van der Waals surface area contributed by atoms with E-state index in [2.05, 4.69) is 41.0 Å². The first kappa shape index (κ1) is 18.0. The van der Waals surface area contributed by atoms with Gasteiger partial charge in [-0.05, 0) is 29.2 Å². The molecule has 6 heteroatoms. The number of carbonyl (C=O) groups is 1. The summed E-state index contributed by atoms with van der Waals surface area (Å²) >= 11 is 6.13. The Kier molecular flexibility index (Phi) is 5.00. The Morgan fingerprint density at radius 3 is 2.35 bits per heavy atom. The van der Waals surface area contributed by atoms with Crippen LogP contribution in [0.25, 0.3) is 11.3 Å². The summed E-state index contributed by atoms with van der Waals surface area (Å²) < 4.78 is 0. The highest BCUT2D eigenvalue weighted by molar-refractivity contribution is 6.32. The molecule has 0 spiro atoms. The number of hydrogen-bond acceptors (Lipinski definition) is 4. The van der Waals surface area contributed by atoms with E-state index in [-0.39, 0.29) is 16.5 Å². The van der Waals surface area contributed by atoms with Gasteiger partial charge in [-0.2, -0.15) is 0 Å². The highest BCUT2D eigenvalue weighted by Crippen LogP contribution is 2.27. The maximum atomic E-state index is 12.8. The van der Waals surface area contributed by atoms with E-state index < -0.39 is 0 Å².